The fraction of sp³-hybridized carbons (Fsp3) is 0.423. The predicted octanol–water partition coefficient (Wildman–Crippen LogP) is -1.16. The predicted molar refractivity (Wildman–Crippen MR) is 132 cm³/mol. The molecule has 40 heavy (non-hydrogen) atoms. The Balaban J connectivity index is 1.55. The Hall–Kier alpha value is -4.30. The highest BCUT2D eigenvalue weighted by molar-refractivity contribution is 6.32. The van der Waals surface area contributed by atoms with Crippen LogP contribution in [0.1, 0.15) is 22.3 Å². The molecule has 5 rings (SSSR count). The molecule has 0 bridgehead atoms. The second-order valence-corrected chi connectivity index (χ2v) is 10.7. The van der Waals surface area contributed by atoms with Crippen molar-refractivity contribution in [2.45, 2.75) is 31.0 Å². The number of nitrogens with one attached hydrogen (secondary N) is 1. The number of aliphatic hydroxyl groups is 1. The van der Waals surface area contributed by atoms with Gasteiger partial charge in [0.15, 0.2) is 34.7 Å². The van der Waals surface area contributed by atoms with Gasteiger partial charge in [0.1, 0.15) is 18.1 Å². The van der Waals surface area contributed by atoms with Gasteiger partial charge in [0, 0.05) is 29.9 Å². The molecule has 1 aromatic heterocycles. The number of benzene rings is 1. The number of halogens is 1. The van der Waals surface area contributed by atoms with E-state index >= 15 is 4.39 Å². The topological polar surface area (TPSA) is 202 Å². The van der Waals surface area contributed by atoms with Crippen LogP contribution < -0.4 is 11.1 Å². The molecule has 0 radical (unpaired) electrons. The molecule has 2 amide bonds. The molecule has 2 saturated carbocycles. The molecule has 6 atom stereocenters. The number of nitrogens with zero attached hydrogens (tertiary/aromatic N) is 3. The zero-order chi connectivity index (χ0) is 29.3. The summed E-state index contributed by atoms with van der Waals surface area (Å²) in [5.41, 5.74) is 1.25. The number of hydrogen-bond acceptors (Lipinski definition) is 10. The summed E-state index contributed by atoms with van der Waals surface area (Å²) in [6.07, 6.45) is 3.89. The number of aromatic hydroxyl groups is 1. The van der Waals surface area contributed by atoms with Crippen molar-refractivity contribution in [1.29, 1.82) is 0 Å². The summed E-state index contributed by atoms with van der Waals surface area (Å²) < 4.78 is 16.7. The maximum Gasteiger partial charge on any atom is 0.244 e. The minimum absolute atomic E-state index is 0.195. The van der Waals surface area contributed by atoms with E-state index in [0.29, 0.717) is 0 Å². The Morgan fingerprint density at radius 1 is 1.25 bits per heavy atom. The Morgan fingerprint density at radius 2 is 1.95 bits per heavy atom. The van der Waals surface area contributed by atoms with Gasteiger partial charge in [-0.05, 0) is 32.9 Å². The summed E-state index contributed by atoms with van der Waals surface area (Å²) >= 11 is 0. The number of imidazole rings is 1. The fourth-order valence-corrected chi connectivity index (χ4v) is 6.46. The number of Topliss-reactive ketones (excluding diaryl/α,β-unsaturated/α-hetero) is 4. The first kappa shape index (κ1) is 27.3. The quantitative estimate of drug-likeness (QED) is 0.257. The van der Waals surface area contributed by atoms with Crippen LogP contribution in [0.3, 0.4) is 0 Å². The smallest absolute Gasteiger partial charge is 0.244 e. The normalized spacial score (nSPS) is 29.6. The third kappa shape index (κ3) is 3.85. The highest BCUT2D eigenvalue weighted by Gasteiger charge is 2.69. The van der Waals surface area contributed by atoms with E-state index in [-0.39, 0.29) is 24.9 Å². The van der Waals surface area contributed by atoms with Gasteiger partial charge < -0.3 is 25.8 Å². The summed E-state index contributed by atoms with van der Waals surface area (Å²) in [5, 5.41) is 24.8. The van der Waals surface area contributed by atoms with Crippen LogP contribution in [0.15, 0.2) is 24.8 Å². The molecule has 0 aliphatic heterocycles. The molecule has 0 spiro atoms. The van der Waals surface area contributed by atoms with Crippen LogP contribution in [-0.4, -0.2) is 85.3 Å². The number of likely N-dealkylation sites (N-methyl/N-ethyl adjacent to an activating group) is 1. The van der Waals surface area contributed by atoms with Gasteiger partial charge in [0.05, 0.1) is 29.5 Å². The van der Waals surface area contributed by atoms with Gasteiger partial charge in [-0.3, -0.25) is 33.7 Å². The van der Waals surface area contributed by atoms with Gasteiger partial charge in [0.2, 0.25) is 11.8 Å². The van der Waals surface area contributed by atoms with E-state index in [1.54, 1.807) is 0 Å². The number of ketones is 4. The van der Waals surface area contributed by atoms with Crippen LogP contribution in [0.2, 0.25) is 0 Å². The number of carbonyl (C=O) groups is 6. The Labute approximate surface area is 226 Å². The van der Waals surface area contributed by atoms with Crippen LogP contribution >= 0.6 is 0 Å². The van der Waals surface area contributed by atoms with Gasteiger partial charge in [-0.15, -0.1) is 0 Å². The first-order chi connectivity index (χ1) is 18.8. The number of rotatable bonds is 5. The number of primary amides is 1. The lowest BCUT2D eigenvalue weighted by Crippen LogP contribution is -2.74. The fourth-order valence-electron chi connectivity index (χ4n) is 6.46. The van der Waals surface area contributed by atoms with Crippen LogP contribution in [0.4, 0.5) is 10.1 Å². The van der Waals surface area contributed by atoms with Crippen LogP contribution in [-0.2, 0) is 36.9 Å². The second-order valence-electron chi connectivity index (χ2n) is 10.7. The lowest BCUT2D eigenvalue weighted by Gasteiger charge is -2.52. The van der Waals surface area contributed by atoms with Crippen molar-refractivity contribution in [2.75, 3.05) is 19.4 Å². The number of aromatic nitrogens is 2. The van der Waals surface area contributed by atoms with Gasteiger partial charge >= 0.3 is 0 Å². The van der Waals surface area contributed by atoms with Crippen molar-refractivity contribution in [3.8, 4) is 5.75 Å². The number of carbonyl (C=O) groups excluding carboxylic acids is 6. The third-order valence-electron chi connectivity index (χ3n) is 8.17. The molecule has 210 valence electrons. The summed E-state index contributed by atoms with van der Waals surface area (Å²) in [4.78, 5) is 83.5. The standard InChI is InChI=1S/C26H26FN5O8/c1-31(2)19-12-6-10-5-11-13(27)7-14(30-15(33)8-32-4-3-29-9-32)20(34)17(11)21(35)16(10)23(37)26(12,40)24(38)18(22(19)36)25(28)39/h3-4,7,9-10,12,16,18-19,34,40H,5-6,8H2,1-2H3,(H2,28,39)(H,30,33)/t10-,12-,16?,18?,19-,26-/m0/s1. The summed E-state index contributed by atoms with van der Waals surface area (Å²) in [7, 11) is 2.93. The van der Waals surface area contributed by atoms with E-state index < -0.39 is 93.1 Å². The van der Waals surface area contributed by atoms with Crippen LogP contribution in [0.25, 0.3) is 0 Å². The van der Waals surface area contributed by atoms with Crippen LogP contribution in [0, 0.1) is 29.5 Å². The molecule has 3 aliphatic rings. The summed E-state index contributed by atoms with van der Waals surface area (Å²) in [6.45, 7) is -0.224. The van der Waals surface area contributed by atoms with E-state index in [1.807, 2.05) is 0 Å². The second kappa shape index (κ2) is 9.41. The molecule has 2 unspecified atom stereocenters. The molecule has 14 heteroatoms. The lowest BCUT2D eigenvalue weighted by atomic mass is 9.52. The highest BCUT2D eigenvalue weighted by atomic mass is 19.1. The number of phenols is 1. The van der Waals surface area contributed by atoms with Crippen LogP contribution in [0.5, 0.6) is 5.75 Å². The average molecular weight is 556 g/mol. The molecule has 2 fully saturated rings. The molecule has 1 heterocycles. The molecule has 2 aromatic rings. The van der Waals surface area contributed by atoms with Crippen molar-refractivity contribution in [1.82, 2.24) is 14.5 Å². The molecule has 0 saturated heterocycles. The number of fused-ring (bicyclic) bond motifs is 3. The van der Waals surface area contributed by atoms with Gasteiger partial charge in [-0.2, -0.15) is 0 Å². The van der Waals surface area contributed by atoms with E-state index in [9.17, 15) is 39.0 Å². The molecule has 13 nitrogen and oxygen atoms in total. The number of hydrogen-bond donors (Lipinski definition) is 4. The van der Waals surface area contributed by atoms with E-state index in [0.717, 1.165) is 6.07 Å². The largest absolute Gasteiger partial charge is 0.505 e. The van der Waals surface area contributed by atoms with Gasteiger partial charge in [-0.1, -0.05) is 0 Å². The van der Waals surface area contributed by atoms with Crippen molar-refractivity contribution in [3.05, 3.63) is 41.7 Å². The summed E-state index contributed by atoms with van der Waals surface area (Å²) in [5.74, 6) is -14.2. The maximum atomic E-state index is 15.3. The van der Waals surface area contributed by atoms with Crippen molar-refractivity contribution in [3.63, 3.8) is 0 Å². The number of nitrogens with two attached hydrogens (primary N) is 1. The molecular formula is C26H26FN5O8. The maximum absolute atomic E-state index is 15.3. The highest BCUT2D eigenvalue weighted by Crippen LogP contribution is 2.51. The first-order valence-electron chi connectivity index (χ1n) is 12.4. The van der Waals surface area contributed by atoms with Crippen molar-refractivity contribution in [2.24, 2.45) is 29.4 Å². The number of phenolic OH excluding ortho intramolecular Hbond substituents is 1. The Bertz CT molecular complexity index is 1490. The number of anilines is 1. The molecule has 3 aliphatic carbocycles. The van der Waals surface area contributed by atoms with E-state index in [1.165, 1.54) is 42.3 Å². The minimum Gasteiger partial charge on any atom is -0.505 e. The lowest BCUT2D eigenvalue weighted by molar-refractivity contribution is -0.181. The van der Waals surface area contributed by atoms with Gasteiger partial charge in [0.25, 0.3) is 0 Å². The zero-order valence-electron chi connectivity index (χ0n) is 21.5. The summed E-state index contributed by atoms with van der Waals surface area (Å²) in [6, 6.07) is -0.393. The Kier molecular flexibility index (Phi) is 6.42. The van der Waals surface area contributed by atoms with Gasteiger partial charge in [-0.25, -0.2) is 9.37 Å². The zero-order valence-corrected chi connectivity index (χ0v) is 21.5. The Morgan fingerprint density at radius 3 is 2.55 bits per heavy atom. The monoisotopic (exact) mass is 555 g/mol. The van der Waals surface area contributed by atoms with E-state index in [2.05, 4.69) is 10.3 Å². The first-order valence-corrected chi connectivity index (χ1v) is 12.4. The minimum atomic E-state index is -2.89. The molecule has 5 N–H and O–H groups in total. The SMILES string of the molecule is CN(C)[C@@H]1C(=O)C(C(N)=O)C(=O)[C@@]2(O)C(=O)C3C(=O)c4c(O)c(NC(=O)Cn5ccnc5)cc(F)c4C[C@H]3C[C@@H]12. The number of amides is 2. The average Bonchev–Trinajstić information content (AvgIpc) is 3.37. The van der Waals surface area contributed by atoms with E-state index in [4.69, 9.17) is 5.73 Å². The molecule has 1 aromatic carbocycles. The van der Waals surface area contributed by atoms with Crippen molar-refractivity contribution < 1.29 is 43.4 Å². The molecular weight excluding hydrogens is 529 g/mol. The van der Waals surface area contributed by atoms with Crippen molar-refractivity contribution >= 4 is 40.6 Å². The third-order valence-corrected chi connectivity index (χ3v) is 8.17.